The zero-order valence-corrected chi connectivity index (χ0v) is 18.4. The van der Waals surface area contributed by atoms with Crippen molar-refractivity contribution in [2.24, 2.45) is 0 Å². The second-order valence-electron chi connectivity index (χ2n) is 7.82. The fraction of sp³-hybridized carbons (Fsp3) is 0.304. The number of ether oxygens (including phenoxy) is 2. The molecule has 3 heterocycles. The van der Waals surface area contributed by atoms with E-state index in [9.17, 15) is 14.0 Å². The van der Waals surface area contributed by atoms with Crippen LogP contribution >= 0.6 is 11.8 Å². The molecule has 1 fully saturated rings. The average Bonchev–Trinajstić information content (AvgIpc) is 3.48. The highest BCUT2D eigenvalue weighted by Gasteiger charge is 2.23. The maximum atomic E-state index is 13.4. The van der Waals surface area contributed by atoms with Gasteiger partial charge in [-0.15, -0.1) is 10.2 Å². The normalized spacial score (nSPS) is 17.4. The SMILES string of the molecule is O=C1COc2ccc(C(=O)CSc3nnc(-c4ccc(F)cc4)n3C[C@H]3CCCO3)cc2N1. The van der Waals surface area contributed by atoms with E-state index in [1.54, 1.807) is 30.3 Å². The van der Waals surface area contributed by atoms with Crippen molar-refractivity contribution in [1.29, 1.82) is 0 Å². The lowest BCUT2D eigenvalue weighted by Crippen LogP contribution is -2.25. The Hall–Kier alpha value is -3.24. The van der Waals surface area contributed by atoms with Gasteiger partial charge in [-0.25, -0.2) is 4.39 Å². The highest BCUT2D eigenvalue weighted by Crippen LogP contribution is 2.30. The second-order valence-corrected chi connectivity index (χ2v) is 8.76. The van der Waals surface area contributed by atoms with Crippen molar-refractivity contribution in [2.45, 2.75) is 30.6 Å². The smallest absolute Gasteiger partial charge is 0.262 e. The third kappa shape index (κ3) is 4.76. The van der Waals surface area contributed by atoms with Crippen LogP contribution in [0, 0.1) is 5.82 Å². The number of rotatable bonds is 7. The van der Waals surface area contributed by atoms with Crippen LogP contribution in [0.3, 0.4) is 0 Å². The molecule has 1 N–H and O–H groups in total. The van der Waals surface area contributed by atoms with Crippen LogP contribution in [-0.2, 0) is 16.1 Å². The van der Waals surface area contributed by atoms with Crippen molar-refractivity contribution < 1.29 is 23.5 Å². The predicted octanol–water partition coefficient (Wildman–Crippen LogP) is 3.57. The van der Waals surface area contributed by atoms with Gasteiger partial charge in [0, 0.05) is 17.7 Å². The molecule has 2 aromatic carbocycles. The van der Waals surface area contributed by atoms with E-state index in [1.165, 1.54) is 23.9 Å². The van der Waals surface area contributed by atoms with Crippen LogP contribution in [0.5, 0.6) is 5.75 Å². The Morgan fingerprint density at radius 3 is 2.85 bits per heavy atom. The summed E-state index contributed by atoms with van der Waals surface area (Å²) >= 11 is 1.28. The van der Waals surface area contributed by atoms with Gasteiger partial charge in [-0.1, -0.05) is 11.8 Å². The number of benzene rings is 2. The topological polar surface area (TPSA) is 95.3 Å². The van der Waals surface area contributed by atoms with E-state index in [1.807, 2.05) is 4.57 Å². The Balaban J connectivity index is 1.35. The molecule has 1 saturated heterocycles. The van der Waals surface area contributed by atoms with E-state index < -0.39 is 0 Å². The van der Waals surface area contributed by atoms with Gasteiger partial charge < -0.3 is 14.8 Å². The largest absolute Gasteiger partial charge is 0.482 e. The number of hydrogen-bond donors (Lipinski definition) is 1. The first-order valence-electron chi connectivity index (χ1n) is 10.6. The van der Waals surface area contributed by atoms with Gasteiger partial charge in [0.1, 0.15) is 11.6 Å². The first-order chi connectivity index (χ1) is 16.1. The number of carbonyl (C=O) groups is 2. The molecule has 2 aliphatic heterocycles. The fourth-order valence-corrected chi connectivity index (χ4v) is 4.68. The van der Waals surface area contributed by atoms with Gasteiger partial charge in [-0.3, -0.25) is 14.2 Å². The first kappa shape index (κ1) is 21.6. The number of aromatic nitrogens is 3. The zero-order chi connectivity index (χ0) is 22.8. The molecular weight excluding hydrogens is 447 g/mol. The Kier molecular flexibility index (Phi) is 6.10. The summed E-state index contributed by atoms with van der Waals surface area (Å²) in [4.78, 5) is 24.4. The van der Waals surface area contributed by atoms with E-state index >= 15 is 0 Å². The molecule has 0 bridgehead atoms. The molecule has 3 aromatic rings. The van der Waals surface area contributed by atoms with Crippen molar-refractivity contribution >= 4 is 29.1 Å². The van der Waals surface area contributed by atoms with Gasteiger partial charge in [0.05, 0.1) is 24.1 Å². The molecule has 2 aliphatic rings. The summed E-state index contributed by atoms with van der Waals surface area (Å²) in [6, 6.07) is 11.1. The molecule has 0 aliphatic carbocycles. The lowest BCUT2D eigenvalue weighted by Gasteiger charge is -2.18. The maximum absolute atomic E-state index is 13.4. The molecule has 0 radical (unpaired) electrons. The highest BCUT2D eigenvalue weighted by atomic mass is 32.2. The molecule has 0 unspecified atom stereocenters. The first-order valence-corrected chi connectivity index (χ1v) is 11.6. The third-order valence-electron chi connectivity index (χ3n) is 5.50. The monoisotopic (exact) mass is 468 g/mol. The van der Waals surface area contributed by atoms with Crippen molar-refractivity contribution in [3.8, 4) is 17.1 Å². The minimum Gasteiger partial charge on any atom is -0.482 e. The number of hydrogen-bond acceptors (Lipinski definition) is 7. The Morgan fingerprint density at radius 1 is 1.21 bits per heavy atom. The van der Waals surface area contributed by atoms with Crippen LogP contribution in [-0.4, -0.2) is 51.5 Å². The number of amides is 1. The van der Waals surface area contributed by atoms with Crippen LogP contribution in [0.4, 0.5) is 10.1 Å². The number of Topliss-reactive ketones (excluding diaryl/α,β-unsaturated/α-hetero) is 1. The summed E-state index contributed by atoms with van der Waals surface area (Å²) in [6.07, 6.45) is 1.98. The molecule has 0 saturated carbocycles. The lowest BCUT2D eigenvalue weighted by molar-refractivity contribution is -0.118. The predicted molar refractivity (Wildman–Crippen MR) is 120 cm³/mol. The molecule has 0 spiro atoms. The molecule has 5 rings (SSSR count). The lowest BCUT2D eigenvalue weighted by atomic mass is 10.1. The maximum Gasteiger partial charge on any atom is 0.262 e. The van der Waals surface area contributed by atoms with E-state index in [2.05, 4.69) is 15.5 Å². The minimum atomic E-state index is -0.323. The molecule has 10 heteroatoms. The average molecular weight is 469 g/mol. The summed E-state index contributed by atoms with van der Waals surface area (Å²) in [5, 5.41) is 11.9. The number of ketones is 1. The van der Waals surface area contributed by atoms with Crippen molar-refractivity contribution in [3.05, 3.63) is 53.8 Å². The molecule has 1 amide bonds. The van der Waals surface area contributed by atoms with Crippen molar-refractivity contribution in [2.75, 3.05) is 24.3 Å². The van der Waals surface area contributed by atoms with E-state index in [4.69, 9.17) is 9.47 Å². The molecule has 1 atom stereocenters. The van der Waals surface area contributed by atoms with Crippen LogP contribution in [0.25, 0.3) is 11.4 Å². The summed E-state index contributed by atoms with van der Waals surface area (Å²) in [6.45, 7) is 1.24. The van der Waals surface area contributed by atoms with E-state index in [-0.39, 0.29) is 36.0 Å². The van der Waals surface area contributed by atoms with Gasteiger partial charge in [0.15, 0.2) is 23.4 Å². The minimum absolute atomic E-state index is 0.0348. The molecule has 8 nitrogen and oxygen atoms in total. The van der Waals surface area contributed by atoms with Gasteiger partial charge >= 0.3 is 0 Å². The molecule has 1 aromatic heterocycles. The number of carbonyl (C=O) groups excluding carboxylic acids is 2. The van der Waals surface area contributed by atoms with E-state index in [0.29, 0.717) is 34.5 Å². The van der Waals surface area contributed by atoms with Crippen LogP contribution in [0.1, 0.15) is 23.2 Å². The molecular formula is C23H21FN4O4S. The second kappa shape index (κ2) is 9.32. The van der Waals surface area contributed by atoms with Gasteiger partial charge in [-0.05, 0) is 55.3 Å². The van der Waals surface area contributed by atoms with E-state index in [0.717, 1.165) is 25.0 Å². The number of nitrogens with one attached hydrogen (secondary N) is 1. The number of anilines is 1. The van der Waals surface area contributed by atoms with Crippen LogP contribution in [0.2, 0.25) is 0 Å². The third-order valence-corrected chi connectivity index (χ3v) is 6.46. The zero-order valence-electron chi connectivity index (χ0n) is 17.6. The van der Waals surface area contributed by atoms with Crippen molar-refractivity contribution in [1.82, 2.24) is 14.8 Å². The van der Waals surface area contributed by atoms with Crippen LogP contribution < -0.4 is 10.1 Å². The molecule has 33 heavy (non-hydrogen) atoms. The van der Waals surface area contributed by atoms with Gasteiger partial charge in [0.2, 0.25) is 0 Å². The van der Waals surface area contributed by atoms with Crippen molar-refractivity contribution in [3.63, 3.8) is 0 Å². The Bertz CT molecular complexity index is 1190. The molecule has 170 valence electrons. The summed E-state index contributed by atoms with van der Waals surface area (Å²) in [5.41, 5.74) is 1.70. The Labute approximate surface area is 193 Å². The number of thioether (sulfide) groups is 1. The summed E-state index contributed by atoms with van der Waals surface area (Å²) in [5.74, 6) is 0.597. The van der Waals surface area contributed by atoms with Gasteiger partial charge in [0.25, 0.3) is 5.91 Å². The fourth-order valence-electron chi connectivity index (χ4n) is 3.83. The van der Waals surface area contributed by atoms with Gasteiger partial charge in [-0.2, -0.15) is 0 Å². The quantitative estimate of drug-likeness (QED) is 0.418. The Morgan fingerprint density at radius 2 is 2.06 bits per heavy atom. The number of halogens is 1. The van der Waals surface area contributed by atoms with Crippen LogP contribution in [0.15, 0.2) is 47.6 Å². The summed E-state index contributed by atoms with van der Waals surface area (Å²) < 4.78 is 26.5. The number of fused-ring (bicyclic) bond motifs is 1. The standard InChI is InChI=1S/C23H21FN4O4S/c24-16-6-3-14(4-7-16)22-26-27-23(28(22)11-17-2-1-9-31-17)33-13-19(29)15-5-8-20-18(10-15)25-21(30)12-32-20/h3-8,10,17H,1-2,9,11-13H2,(H,25,30)/t17-/m1/s1. The highest BCUT2D eigenvalue weighted by molar-refractivity contribution is 7.99. The summed E-state index contributed by atoms with van der Waals surface area (Å²) in [7, 11) is 0. The number of nitrogens with zero attached hydrogens (tertiary/aromatic N) is 3.